The number of nitrogens with zero attached hydrogens (tertiary/aromatic N) is 2. The van der Waals surface area contributed by atoms with Crippen LogP contribution in [0.4, 0.5) is 4.39 Å². The van der Waals surface area contributed by atoms with Gasteiger partial charge in [0.1, 0.15) is 11.5 Å². The molecular weight excluding hydrogens is 269 g/mol. The monoisotopic (exact) mass is 283 g/mol. The van der Waals surface area contributed by atoms with Crippen LogP contribution in [0.25, 0.3) is 0 Å². The van der Waals surface area contributed by atoms with Gasteiger partial charge in [-0.1, -0.05) is 23.7 Å². The van der Waals surface area contributed by atoms with E-state index in [4.69, 9.17) is 16.3 Å². The Bertz CT molecular complexity index is 585. The molecule has 1 aromatic heterocycles. The molecule has 19 heavy (non-hydrogen) atoms. The summed E-state index contributed by atoms with van der Waals surface area (Å²) in [6.45, 7) is 0. The summed E-state index contributed by atoms with van der Waals surface area (Å²) in [6, 6.07) is 4.44. The molecule has 0 fully saturated rings. The zero-order valence-corrected chi connectivity index (χ0v) is 11.7. The van der Waals surface area contributed by atoms with Crippen LogP contribution >= 0.6 is 11.6 Å². The van der Waals surface area contributed by atoms with Gasteiger partial charge in [-0.15, -0.1) is 0 Å². The molecule has 1 atom stereocenters. The second-order valence-corrected chi connectivity index (χ2v) is 4.46. The predicted molar refractivity (Wildman–Crippen MR) is 72.1 cm³/mol. The average molecular weight is 284 g/mol. The predicted octanol–water partition coefficient (Wildman–Crippen LogP) is 2.53. The highest BCUT2D eigenvalue weighted by atomic mass is 35.5. The Morgan fingerprint density at radius 3 is 2.84 bits per heavy atom. The standard InChI is InChI=1S/C13H15ClFN3O/c1-16-12(8-5-4-6-9(15)11(8)14)13-10(19-3)7-17-18(13)2/h4-7,12,16H,1-3H3. The number of hydrogen-bond acceptors (Lipinski definition) is 3. The molecule has 0 saturated carbocycles. The molecule has 4 nitrogen and oxygen atoms in total. The van der Waals surface area contributed by atoms with Crippen LogP contribution in [-0.2, 0) is 7.05 Å². The quantitative estimate of drug-likeness (QED) is 0.937. The van der Waals surface area contributed by atoms with Crippen LogP contribution in [0.1, 0.15) is 17.3 Å². The summed E-state index contributed by atoms with van der Waals surface area (Å²) in [6.07, 6.45) is 1.62. The minimum absolute atomic E-state index is 0.102. The molecule has 2 aromatic rings. The lowest BCUT2D eigenvalue weighted by Crippen LogP contribution is -2.21. The number of rotatable bonds is 4. The zero-order valence-electron chi connectivity index (χ0n) is 10.9. The van der Waals surface area contributed by atoms with Crippen molar-refractivity contribution in [3.63, 3.8) is 0 Å². The second kappa shape index (κ2) is 5.59. The van der Waals surface area contributed by atoms with Crippen molar-refractivity contribution < 1.29 is 9.13 Å². The van der Waals surface area contributed by atoms with E-state index in [1.165, 1.54) is 6.07 Å². The fraction of sp³-hybridized carbons (Fsp3) is 0.308. The molecule has 0 aliphatic carbocycles. The van der Waals surface area contributed by atoms with Gasteiger partial charge in [0.05, 0.1) is 24.4 Å². The Kier molecular flexibility index (Phi) is 4.07. The largest absolute Gasteiger partial charge is 0.493 e. The first-order valence-corrected chi connectivity index (χ1v) is 6.15. The Morgan fingerprint density at radius 2 is 2.21 bits per heavy atom. The van der Waals surface area contributed by atoms with Crippen molar-refractivity contribution in [3.8, 4) is 5.75 Å². The molecule has 0 aliphatic rings. The average Bonchev–Trinajstić information content (AvgIpc) is 2.77. The van der Waals surface area contributed by atoms with E-state index in [0.717, 1.165) is 5.69 Å². The maximum Gasteiger partial charge on any atom is 0.161 e. The molecular formula is C13H15ClFN3O. The summed E-state index contributed by atoms with van der Waals surface area (Å²) in [5, 5.41) is 7.36. The van der Waals surface area contributed by atoms with Gasteiger partial charge in [0.15, 0.2) is 5.75 Å². The van der Waals surface area contributed by atoms with Gasteiger partial charge in [0.25, 0.3) is 0 Å². The summed E-state index contributed by atoms with van der Waals surface area (Å²) >= 11 is 6.05. The van der Waals surface area contributed by atoms with E-state index in [0.29, 0.717) is 11.3 Å². The number of nitrogens with one attached hydrogen (secondary N) is 1. The SMILES string of the molecule is CNC(c1cccc(F)c1Cl)c1c(OC)cnn1C. The van der Waals surface area contributed by atoms with Crippen LogP contribution in [0.3, 0.4) is 0 Å². The Balaban J connectivity index is 2.56. The highest BCUT2D eigenvalue weighted by Gasteiger charge is 2.24. The lowest BCUT2D eigenvalue weighted by atomic mass is 10.0. The van der Waals surface area contributed by atoms with E-state index in [1.54, 1.807) is 44.2 Å². The van der Waals surface area contributed by atoms with Gasteiger partial charge >= 0.3 is 0 Å². The fourth-order valence-electron chi connectivity index (χ4n) is 2.10. The van der Waals surface area contributed by atoms with Crippen LogP contribution < -0.4 is 10.1 Å². The summed E-state index contributed by atoms with van der Waals surface area (Å²) in [7, 11) is 5.15. The van der Waals surface area contributed by atoms with Gasteiger partial charge in [-0.2, -0.15) is 5.10 Å². The van der Waals surface area contributed by atoms with Gasteiger partial charge in [-0.25, -0.2) is 4.39 Å². The van der Waals surface area contributed by atoms with Gasteiger partial charge < -0.3 is 10.1 Å². The molecule has 6 heteroatoms. The van der Waals surface area contributed by atoms with Crippen molar-refractivity contribution in [2.75, 3.05) is 14.2 Å². The summed E-state index contributed by atoms with van der Waals surface area (Å²) in [5.41, 5.74) is 1.43. The minimum atomic E-state index is -0.444. The minimum Gasteiger partial charge on any atom is -0.493 e. The Hall–Kier alpha value is -1.59. The summed E-state index contributed by atoms with van der Waals surface area (Å²) < 4.78 is 20.5. The lowest BCUT2D eigenvalue weighted by molar-refractivity contribution is 0.402. The number of aromatic nitrogens is 2. The first-order valence-electron chi connectivity index (χ1n) is 5.77. The molecule has 1 aromatic carbocycles. The molecule has 0 saturated heterocycles. The van der Waals surface area contributed by atoms with E-state index < -0.39 is 5.82 Å². The zero-order chi connectivity index (χ0) is 14.0. The normalized spacial score (nSPS) is 12.5. The molecule has 1 unspecified atom stereocenters. The fourth-order valence-corrected chi connectivity index (χ4v) is 2.33. The highest BCUT2D eigenvalue weighted by molar-refractivity contribution is 6.31. The Labute approximate surface area is 116 Å². The maximum absolute atomic E-state index is 13.6. The third kappa shape index (κ3) is 2.43. The molecule has 0 spiro atoms. The van der Waals surface area contributed by atoms with Gasteiger partial charge in [-0.05, 0) is 18.7 Å². The van der Waals surface area contributed by atoms with Crippen molar-refractivity contribution >= 4 is 11.6 Å². The number of hydrogen-bond donors (Lipinski definition) is 1. The number of aryl methyl sites for hydroxylation is 1. The maximum atomic E-state index is 13.6. The lowest BCUT2D eigenvalue weighted by Gasteiger charge is -2.19. The van der Waals surface area contributed by atoms with E-state index in [-0.39, 0.29) is 11.1 Å². The molecule has 2 rings (SSSR count). The third-order valence-electron chi connectivity index (χ3n) is 3.02. The first kappa shape index (κ1) is 13.8. The van der Waals surface area contributed by atoms with Crippen molar-refractivity contribution in [1.82, 2.24) is 15.1 Å². The van der Waals surface area contributed by atoms with Crippen molar-refractivity contribution in [1.29, 1.82) is 0 Å². The summed E-state index contributed by atoms with van der Waals surface area (Å²) in [4.78, 5) is 0. The van der Waals surface area contributed by atoms with Gasteiger partial charge in [0.2, 0.25) is 0 Å². The van der Waals surface area contributed by atoms with E-state index >= 15 is 0 Å². The topological polar surface area (TPSA) is 39.1 Å². The molecule has 0 aliphatic heterocycles. The van der Waals surface area contributed by atoms with E-state index in [9.17, 15) is 4.39 Å². The van der Waals surface area contributed by atoms with Crippen LogP contribution in [0.15, 0.2) is 24.4 Å². The van der Waals surface area contributed by atoms with Crippen molar-refractivity contribution in [2.45, 2.75) is 6.04 Å². The van der Waals surface area contributed by atoms with Crippen molar-refractivity contribution in [2.24, 2.45) is 7.05 Å². The molecule has 1 N–H and O–H groups in total. The third-order valence-corrected chi connectivity index (χ3v) is 3.42. The molecule has 0 bridgehead atoms. The number of methoxy groups -OCH3 is 1. The summed E-state index contributed by atoms with van der Waals surface area (Å²) in [5.74, 6) is 0.183. The van der Waals surface area contributed by atoms with Gasteiger partial charge in [0, 0.05) is 7.05 Å². The van der Waals surface area contributed by atoms with Gasteiger partial charge in [-0.3, -0.25) is 4.68 Å². The highest BCUT2D eigenvalue weighted by Crippen LogP contribution is 2.33. The first-order chi connectivity index (χ1) is 9.10. The van der Waals surface area contributed by atoms with Crippen LogP contribution in [0, 0.1) is 5.82 Å². The number of ether oxygens (including phenoxy) is 1. The number of halogens is 2. The second-order valence-electron chi connectivity index (χ2n) is 4.09. The molecule has 0 radical (unpaired) electrons. The molecule has 0 amide bonds. The van der Waals surface area contributed by atoms with E-state index in [1.807, 2.05) is 0 Å². The number of benzene rings is 1. The van der Waals surface area contributed by atoms with Crippen LogP contribution in [-0.4, -0.2) is 23.9 Å². The van der Waals surface area contributed by atoms with E-state index in [2.05, 4.69) is 10.4 Å². The Morgan fingerprint density at radius 1 is 1.47 bits per heavy atom. The molecule has 1 heterocycles. The van der Waals surface area contributed by atoms with Crippen LogP contribution in [0.2, 0.25) is 5.02 Å². The smallest absolute Gasteiger partial charge is 0.161 e. The molecule has 102 valence electrons. The van der Waals surface area contributed by atoms with Crippen molar-refractivity contribution in [3.05, 3.63) is 46.5 Å². The van der Waals surface area contributed by atoms with Crippen LogP contribution in [0.5, 0.6) is 5.75 Å².